The molecule has 1 atom stereocenters. The smallest absolute Gasteiger partial charge is 0.253 e. The van der Waals surface area contributed by atoms with Gasteiger partial charge in [-0.15, -0.1) is 6.58 Å². The first-order valence-corrected chi connectivity index (χ1v) is 8.41. The van der Waals surface area contributed by atoms with Gasteiger partial charge in [0.25, 0.3) is 5.91 Å². The zero-order valence-electron chi connectivity index (χ0n) is 14.6. The van der Waals surface area contributed by atoms with Gasteiger partial charge >= 0.3 is 0 Å². The van der Waals surface area contributed by atoms with Gasteiger partial charge in [-0.25, -0.2) is 4.39 Å². The second kappa shape index (κ2) is 7.87. The molecule has 0 aliphatic heterocycles. The molecule has 1 amide bonds. The van der Waals surface area contributed by atoms with Crippen molar-refractivity contribution < 1.29 is 9.18 Å². The Labute approximate surface area is 151 Å². The summed E-state index contributed by atoms with van der Waals surface area (Å²) in [6.07, 6.45) is 6.23. The molecular weight excluding hydrogens is 329 g/mol. The van der Waals surface area contributed by atoms with Crippen molar-refractivity contribution in [2.24, 2.45) is 0 Å². The molecule has 132 valence electrons. The number of nitrogens with zero attached hydrogens (tertiary/aromatic N) is 2. The number of halogens is 1. The number of pyridine rings is 2. The average Bonchev–Trinajstić information content (AvgIpc) is 2.62. The van der Waals surface area contributed by atoms with Crippen LogP contribution in [0.3, 0.4) is 0 Å². The number of para-hydroxylation sites is 1. The third-order valence-electron chi connectivity index (χ3n) is 4.06. The Morgan fingerprint density at radius 1 is 1.27 bits per heavy atom. The molecule has 3 aromatic rings. The van der Waals surface area contributed by atoms with Gasteiger partial charge in [0, 0.05) is 30.0 Å². The summed E-state index contributed by atoms with van der Waals surface area (Å²) in [6, 6.07) is 10.1. The molecule has 1 unspecified atom stereocenters. The van der Waals surface area contributed by atoms with E-state index in [0.29, 0.717) is 23.8 Å². The quantitative estimate of drug-likeness (QED) is 0.682. The van der Waals surface area contributed by atoms with Crippen molar-refractivity contribution in [2.45, 2.75) is 25.8 Å². The van der Waals surface area contributed by atoms with Crippen molar-refractivity contribution in [3.63, 3.8) is 0 Å². The van der Waals surface area contributed by atoms with E-state index >= 15 is 0 Å². The molecule has 0 saturated heterocycles. The van der Waals surface area contributed by atoms with E-state index in [1.165, 1.54) is 12.3 Å². The molecule has 0 radical (unpaired) electrons. The summed E-state index contributed by atoms with van der Waals surface area (Å²) in [6.45, 7) is 5.88. The Balaban J connectivity index is 1.79. The number of hydrogen-bond acceptors (Lipinski definition) is 3. The summed E-state index contributed by atoms with van der Waals surface area (Å²) in [5.41, 5.74) is 2.69. The van der Waals surface area contributed by atoms with Crippen molar-refractivity contribution in [3.05, 3.63) is 84.1 Å². The highest BCUT2D eigenvalue weighted by Crippen LogP contribution is 2.17. The summed E-state index contributed by atoms with van der Waals surface area (Å²) >= 11 is 0. The van der Waals surface area contributed by atoms with Gasteiger partial charge in [0.15, 0.2) is 0 Å². The summed E-state index contributed by atoms with van der Waals surface area (Å²) in [7, 11) is 0. The standard InChI is InChI=1S/C21H20FN3O/c1-14(2)9-18(10-15-5-4-8-23-12-15)25-21(26)17-11-16-6-3-7-19(22)20(16)24-13-17/h3-8,11-13,18H,1,9-10H2,2H3,(H,25,26). The van der Waals surface area contributed by atoms with Crippen molar-refractivity contribution in [1.82, 2.24) is 15.3 Å². The summed E-state index contributed by atoms with van der Waals surface area (Å²) in [5.74, 6) is -0.634. The van der Waals surface area contributed by atoms with E-state index < -0.39 is 5.82 Å². The summed E-state index contributed by atoms with van der Waals surface area (Å²) < 4.78 is 13.7. The van der Waals surface area contributed by atoms with E-state index in [2.05, 4.69) is 21.9 Å². The van der Waals surface area contributed by atoms with Gasteiger partial charge in [-0.2, -0.15) is 0 Å². The number of nitrogens with one attached hydrogen (secondary N) is 1. The number of hydrogen-bond donors (Lipinski definition) is 1. The molecular formula is C21H20FN3O. The molecule has 1 aromatic carbocycles. The molecule has 4 nitrogen and oxygen atoms in total. The molecule has 0 saturated carbocycles. The fourth-order valence-corrected chi connectivity index (χ4v) is 2.91. The monoisotopic (exact) mass is 349 g/mol. The van der Waals surface area contributed by atoms with Crippen molar-refractivity contribution in [1.29, 1.82) is 0 Å². The number of amides is 1. The zero-order valence-corrected chi connectivity index (χ0v) is 14.6. The highest BCUT2D eigenvalue weighted by molar-refractivity contribution is 5.97. The maximum atomic E-state index is 13.7. The van der Waals surface area contributed by atoms with E-state index in [9.17, 15) is 9.18 Å². The lowest BCUT2D eigenvalue weighted by atomic mass is 10.0. The molecule has 0 fully saturated rings. The fraction of sp³-hybridized carbons (Fsp3) is 0.190. The van der Waals surface area contributed by atoms with Crippen LogP contribution >= 0.6 is 0 Å². The average molecular weight is 349 g/mol. The first-order chi connectivity index (χ1) is 12.5. The van der Waals surface area contributed by atoms with Gasteiger partial charge in [-0.1, -0.05) is 23.8 Å². The molecule has 1 N–H and O–H groups in total. The Bertz CT molecular complexity index is 940. The lowest BCUT2D eigenvalue weighted by Gasteiger charge is -2.19. The minimum atomic E-state index is -0.397. The minimum absolute atomic E-state index is 0.104. The van der Waals surface area contributed by atoms with Gasteiger partial charge in [0.05, 0.1) is 5.56 Å². The van der Waals surface area contributed by atoms with Crippen LogP contribution in [0.5, 0.6) is 0 Å². The molecule has 5 heteroatoms. The normalized spacial score (nSPS) is 11.9. The Hall–Kier alpha value is -3.08. The third kappa shape index (κ3) is 4.30. The summed E-state index contributed by atoms with van der Waals surface area (Å²) in [5, 5.41) is 3.63. The zero-order chi connectivity index (χ0) is 18.5. The predicted octanol–water partition coefficient (Wildman–Crippen LogP) is 4.08. The van der Waals surface area contributed by atoms with Crippen molar-refractivity contribution >= 4 is 16.8 Å². The van der Waals surface area contributed by atoms with E-state index in [1.807, 2.05) is 19.1 Å². The predicted molar refractivity (Wildman–Crippen MR) is 100 cm³/mol. The van der Waals surface area contributed by atoms with Crippen molar-refractivity contribution in [2.75, 3.05) is 0 Å². The van der Waals surface area contributed by atoms with Crippen LogP contribution in [0, 0.1) is 5.82 Å². The third-order valence-corrected chi connectivity index (χ3v) is 4.06. The van der Waals surface area contributed by atoms with Crippen LogP contribution in [-0.4, -0.2) is 21.9 Å². The SMILES string of the molecule is C=C(C)CC(Cc1cccnc1)NC(=O)c1cnc2c(F)cccc2c1. The second-order valence-electron chi connectivity index (χ2n) is 6.43. The lowest BCUT2D eigenvalue weighted by Crippen LogP contribution is -2.36. The number of aromatic nitrogens is 2. The van der Waals surface area contributed by atoms with Crippen LogP contribution in [0.4, 0.5) is 4.39 Å². The Morgan fingerprint density at radius 3 is 2.85 bits per heavy atom. The fourth-order valence-electron chi connectivity index (χ4n) is 2.91. The molecule has 26 heavy (non-hydrogen) atoms. The number of fused-ring (bicyclic) bond motifs is 1. The van der Waals surface area contributed by atoms with Gasteiger partial charge in [-0.3, -0.25) is 14.8 Å². The van der Waals surface area contributed by atoms with E-state index in [-0.39, 0.29) is 17.5 Å². The van der Waals surface area contributed by atoms with E-state index in [0.717, 1.165) is 11.1 Å². The molecule has 2 aromatic heterocycles. The van der Waals surface area contributed by atoms with Gasteiger partial charge < -0.3 is 5.32 Å². The van der Waals surface area contributed by atoms with Crippen LogP contribution in [0.15, 0.2) is 67.1 Å². The Morgan fingerprint density at radius 2 is 2.12 bits per heavy atom. The van der Waals surface area contributed by atoms with E-state index in [4.69, 9.17) is 0 Å². The number of carbonyl (C=O) groups excluding carboxylic acids is 1. The Kier molecular flexibility index (Phi) is 5.37. The highest BCUT2D eigenvalue weighted by atomic mass is 19.1. The van der Waals surface area contributed by atoms with Crippen LogP contribution < -0.4 is 5.32 Å². The molecule has 0 spiro atoms. The van der Waals surface area contributed by atoms with Crippen LogP contribution in [0.25, 0.3) is 10.9 Å². The second-order valence-corrected chi connectivity index (χ2v) is 6.43. The first kappa shape index (κ1) is 17.7. The van der Waals surface area contributed by atoms with Crippen LogP contribution in [0.2, 0.25) is 0 Å². The number of carbonyl (C=O) groups is 1. The number of benzene rings is 1. The first-order valence-electron chi connectivity index (χ1n) is 8.41. The minimum Gasteiger partial charge on any atom is -0.349 e. The maximum Gasteiger partial charge on any atom is 0.253 e. The van der Waals surface area contributed by atoms with E-state index in [1.54, 1.807) is 30.6 Å². The number of rotatable bonds is 6. The van der Waals surface area contributed by atoms with Gasteiger partial charge in [0.2, 0.25) is 0 Å². The maximum absolute atomic E-state index is 13.7. The van der Waals surface area contributed by atoms with Gasteiger partial charge in [-0.05, 0) is 43.5 Å². The molecule has 0 aliphatic rings. The largest absolute Gasteiger partial charge is 0.349 e. The highest BCUT2D eigenvalue weighted by Gasteiger charge is 2.16. The lowest BCUT2D eigenvalue weighted by molar-refractivity contribution is 0.0936. The molecule has 3 rings (SSSR count). The molecule has 0 aliphatic carbocycles. The molecule has 2 heterocycles. The van der Waals surface area contributed by atoms with Crippen molar-refractivity contribution in [3.8, 4) is 0 Å². The molecule has 0 bridgehead atoms. The van der Waals surface area contributed by atoms with Crippen LogP contribution in [-0.2, 0) is 6.42 Å². The summed E-state index contributed by atoms with van der Waals surface area (Å²) in [4.78, 5) is 20.9. The van der Waals surface area contributed by atoms with Gasteiger partial charge in [0.1, 0.15) is 11.3 Å². The topological polar surface area (TPSA) is 54.9 Å². The van der Waals surface area contributed by atoms with Crippen LogP contribution in [0.1, 0.15) is 29.3 Å².